The maximum Gasteiger partial charge on any atom is 0.196 e. The Morgan fingerprint density at radius 3 is 2.39 bits per heavy atom. The van der Waals surface area contributed by atoms with Crippen LogP contribution in [0.3, 0.4) is 0 Å². The monoisotopic (exact) mass is 281 g/mol. The lowest BCUT2D eigenvalue weighted by Crippen LogP contribution is -2.01. The molecule has 1 aromatic carbocycles. The number of aromatic nitrogens is 2. The molecule has 0 aliphatic rings. The van der Waals surface area contributed by atoms with E-state index in [4.69, 9.17) is 28.8 Å². The van der Waals surface area contributed by atoms with E-state index in [1.165, 1.54) is 17.8 Å². The summed E-state index contributed by atoms with van der Waals surface area (Å²) in [6.45, 7) is 0.414. The normalized spacial score (nSPS) is 10.6. The first-order valence-corrected chi connectivity index (χ1v) is 6.34. The lowest BCUT2D eigenvalue weighted by Gasteiger charge is -2.07. The Labute approximate surface area is 114 Å². The molecule has 18 heavy (non-hydrogen) atoms. The molecule has 0 radical (unpaired) electrons. The van der Waals surface area contributed by atoms with Crippen LogP contribution >= 0.6 is 23.4 Å². The van der Waals surface area contributed by atoms with Crippen LogP contribution in [0.4, 0.5) is 11.6 Å². The predicted octanol–water partition coefficient (Wildman–Crippen LogP) is 1.90. The number of anilines is 2. The zero-order valence-electron chi connectivity index (χ0n) is 9.43. The van der Waals surface area contributed by atoms with Gasteiger partial charge in [0.1, 0.15) is 11.6 Å². The number of nitrogens with zero attached hydrogens (tertiary/aromatic N) is 2. The average Bonchev–Trinajstić information content (AvgIpc) is 2.27. The molecule has 0 amide bonds. The van der Waals surface area contributed by atoms with E-state index in [-0.39, 0.29) is 0 Å². The highest BCUT2D eigenvalue weighted by Crippen LogP contribution is 2.31. The minimum atomic E-state index is 0.335. The molecular formula is C11H12ClN5S. The molecule has 0 bridgehead atoms. The molecule has 2 rings (SSSR count). The summed E-state index contributed by atoms with van der Waals surface area (Å²) in [4.78, 5) is 9.10. The van der Waals surface area contributed by atoms with Gasteiger partial charge >= 0.3 is 0 Å². The van der Waals surface area contributed by atoms with E-state index >= 15 is 0 Å². The van der Waals surface area contributed by atoms with Crippen LogP contribution in [-0.4, -0.2) is 9.97 Å². The van der Waals surface area contributed by atoms with Gasteiger partial charge in [0.05, 0.1) is 0 Å². The molecule has 6 N–H and O–H groups in total. The smallest absolute Gasteiger partial charge is 0.196 e. The van der Waals surface area contributed by atoms with Gasteiger partial charge in [0, 0.05) is 22.5 Å². The van der Waals surface area contributed by atoms with Crippen LogP contribution in [0, 0.1) is 0 Å². The fourth-order valence-electron chi connectivity index (χ4n) is 1.40. The fraction of sp³-hybridized carbons (Fsp3) is 0.0909. The summed E-state index contributed by atoms with van der Waals surface area (Å²) in [6.07, 6.45) is 0. The molecule has 2 aromatic rings. The van der Waals surface area contributed by atoms with Crippen LogP contribution in [0.25, 0.3) is 0 Å². The Hall–Kier alpha value is -1.50. The first kappa shape index (κ1) is 12.9. The van der Waals surface area contributed by atoms with E-state index in [0.29, 0.717) is 28.4 Å². The van der Waals surface area contributed by atoms with E-state index < -0.39 is 0 Å². The van der Waals surface area contributed by atoms with Crippen molar-refractivity contribution in [3.05, 3.63) is 34.9 Å². The Kier molecular flexibility index (Phi) is 3.90. The average molecular weight is 282 g/mol. The SMILES string of the molecule is NCc1ccc(Cl)cc1Sc1nc(N)cc(N)n1. The number of hydrogen-bond donors (Lipinski definition) is 3. The first-order valence-electron chi connectivity index (χ1n) is 5.15. The zero-order valence-corrected chi connectivity index (χ0v) is 11.0. The van der Waals surface area contributed by atoms with E-state index in [9.17, 15) is 0 Å². The lowest BCUT2D eigenvalue weighted by molar-refractivity contribution is 0.975. The van der Waals surface area contributed by atoms with Gasteiger partial charge in [-0.25, -0.2) is 9.97 Å². The second kappa shape index (κ2) is 5.43. The summed E-state index contributed by atoms with van der Waals surface area (Å²) < 4.78 is 0. The van der Waals surface area contributed by atoms with Crippen molar-refractivity contribution in [2.45, 2.75) is 16.6 Å². The van der Waals surface area contributed by atoms with Gasteiger partial charge in [0.2, 0.25) is 0 Å². The van der Waals surface area contributed by atoms with Gasteiger partial charge in [-0.05, 0) is 29.5 Å². The van der Waals surface area contributed by atoms with Gasteiger partial charge in [-0.3, -0.25) is 0 Å². The third-order valence-electron chi connectivity index (χ3n) is 2.20. The second-order valence-electron chi connectivity index (χ2n) is 3.56. The molecule has 94 valence electrons. The van der Waals surface area contributed by atoms with E-state index in [1.807, 2.05) is 12.1 Å². The third-order valence-corrected chi connectivity index (χ3v) is 3.40. The third kappa shape index (κ3) is 3.04. The van der Waals surface area contributed by atoms with Gasteiger partial charge in [0.25, 0.3) is 0 Å². The van der Waals surface area contributed by atoms with Gasteiger partial charge in [-0.15, -0.1) is 0 Å². The molecule has 0 unspecified atom stereocenters. The highest BCUT2D eigenvalue weighted by atomic mass is 35.5. The van der Waals surface area contributed by atoms with Crippen LogP contribution in [0.15, 0.2) is 34.3 Å². The Morgan fingerprint density at radius 1 is 1.11 bits per heavy atom. The highest BCUT2D eigenvalue weighted by Gasteiger charge is 2.08. The number of nitrogen functional groups attached to an aromatic ring is 2. The molecule has 0 aliphatic heterocycles. The molecule has 5 nitrogen and oxygen atoms in total. The van der Waals surface area contributed by atoms with Crippen molar-refractivity contribution in [2.75, 3.05) is 11.5 Å². The summed E-state index contributed by atoms with van der Waals surface area (Å²) in [6, 6.07) is 6.99. The predicted molar refractivity (Wildman–Crippen MR) is 74.3 cm³/mol. The number of nitrogens with two attached hydrogens (primary N) is 3. The molecular weight excluding hydrogens is 270 g/mol. The maximum atomic E-state index is 5.96. The molecule has 1 aromatic heterocycles. The minimum absolute atomic E-state index is 0.335. The van der Waals surface area contributed by atoms with Gasteiger partial charge < -0.3 is 17.2 Å². The Bertz CT molecular complexity index is 555. The van der Waals surface area contributed by atoms with Crippen LogP contribution in [-0.2, 0) is 6.54 Å². The summed E-state index contributed by atoms with van der Waals surface area (Å²) in [5.74, 6) is 0.669. The number of hydrogen-bond acceptors (Lipinski definition) is 6. The Balaban J connectivity index is 2.35. The standard InChI is InChI=1S/C11H12ClN5S/c12-7-2-1-6(5-13)8(3-7)18-11-16-9(14)4-10(15)17-11/h1-4H,5,13H2,(H4,14,15,16,17). The number of halogens is 1. The van der Waals surface area contributed by atoms with Gasteiger partial charge in [-0.2, -0.15) is 0 Å². The van der Waals surface area contributed by atoms with Crippen molar-refractivity contribution < 1.29 is 0 Å². The molecule has 0 aliphatic carbocycles. The first-order chi connectivity index (χ1) is 8.58. The molecule has 0 fully saturated rings. The minimum Gasteiger partial charge on any atom is -0.383 e. The highest BCUT2D eigenvalue weighted by molar-refractivity contribution is 7.99. The summed E-state index contributed by atoms with van der Waals surface area (Å²) in [5.41, 5.74) is 17.9. The zero-order chi connectivity index (χ0) is 13.1. The van der Waals surface area contributed by atoms with Crippen LogP contribution < -0.4 is 17.2 Å². The summed E-state index contributed by atoms with van der Waals surface area (Å²) in [7, 11) is 0. The van der Waals surface area contributed by atoms with Crippen molar-refractivity contribution >= 4 is 35.0 Å². The molecule has 0 saturated heterocycles. The van der Waals surface area contributed by atoms with E-state index in [2.05, 4.69) is 9.97 Å². The van der Waals surface area contributed by atoms with Crippen LogP contribution in [0.5, 0.6) is 0 Å². The van der Waals surface area contributed by atoms with Gasteiger partial charge in [0.15, 0.2) is 5.16 Å². The quantitative estimate of drug-likeness (QED) is 0.743. The number of rotatable bonds is 3. The van der Waals surface area contributed by atoms with Crippen molar-refractivity contribution in [3.63, 3.8) is 0 Å². The van der Waals surface area contributed by atoms with E-state index in [0.717, 1.165) is 10.5 Å². The Morgan fingerprint density at radius 2 is 1.78 bits per heavy atom. The summed E-state index contributed by atoms with van der Waals surface area (Å²) >= 11 is 7.29. The molecule has 0 atom stereocenters. The lowest BCUT2D eigenvalue weighted by atomic mass is 10.2. The molecule has 0 saturated carbocycles. The fourth-order valence-corrected chi connectivity index (χ4v) is 2.60. The largest absolute Gasteiger partial charge is 0.383 e. The topological polar surface area (TPSA) is 104 Å². The molecule has 7 heteroatoms. The molecule has 1 heterocycles. The van der Waals surface area contributed by atoms with Crippen LogP contribution in [0.1, 0.15) is 5.56 Å². The van der Waals surface area contributed by atoms with Crippen molar-refractivity contribution in [1.82, 2.24) is 9.97 Å². The maximum absolute atomic E-state index is 5.96. The van der Waals surface area contributed by atoms with E-state index in [1.54, 1.807) is 6.07 Å². The molecule has 0 spiro atoms. The second-order valence-corrected chi connectivity index (χ2v) is 5.00. The van der Waals surface area contributed by atoms with Gasteiger partial charge in [-0.1, -0.05) is 17.7 Å². The van der Waals surface area contributed by atoms with Crippen molar-refractivity contribution in [2.24, 2.45) is 5.73 Å². The van der Waals surface area contributed by atoms with Crippen molar-refractivity contribution in [3.8, 4) is 0 Å². The summed E-state index contributed by atoms with van der Waals surface area (Å²) in [5, 5.41) is 1.11. The number of benzene rings is 1. The van der Waals surface area contributed by atoms with Crippen LogP contribution in [0.2, 0.25) is 5.02 Å². The van der Waals surface area contributed by atoms with Crippen molar-refractivity contribution in [1.29, 1.82) is 0 Å².